The van der Waals surface area contributed by atoms with E-state index in [-0.39, 0.29) is 6.54 Å². The molecule has 23 heavy (non-hydrogen) atoms. The zero-order valence-electron chi connectivity index (χ0n) is 12.4. The van der Waals surface area contributed by atoms with Crippen LogP contribution in [0.15, 0.2) is 30.9 Å². The monoisotopic (exact) mass is 356 g/mol. The molecule has 0 saturated heterocycles. The van der Waals surface area contributed by atoms with Crippen molar-refractivity contribution in [2.45, 2.75) is 19.6 Å². The minimum Gasteiger partial charge on any atom is -0.439 e. The summed E-state index contributed by atoms with van der Waals surface area (Å²) in [5, 5.41) is 4.79. The van der Waals surface area contributed by atoms with Gasteiger partial charge in [0, 0.05) is 29.6 Å². The summed E-state index contributed by atoms with van der Waals surface area (Å²) in [4.78, 5) is 28.0. The molecule has 2 amide bonds. The van der Waals surface area contributed by atoms with Gasteiger partial charge in [0.1, 0.15) is 18.8 Å². The number of imide groups is 1. The summed E-state index contributed by atoms with van der Waals surface area (Å²) in [5.41, 5.74) is 0.553. The summed E-state index contributed by atoms with van der Waals surface area (Å²) < 4.78 is 6.90. The first-order chi connectivity index (χ1) is 10.9. The van der Waals surface area contributed by atoms with Gasteiger partial charge in [-0.05, 0) is 12.1 Å². The molecule has 122 valence electrons. The number of carbonyl (C=O) groups excluding carboxylic acids is 2. The largest absolute Gasteiger partial charge is 0.439 e. The smallest absolute Gasteiger partial charge is 0.416 e. The molecule has 0 spiro atoms. The Kier molecular flexibility index (Phi) is 5.57. The van der Waals surface area contributed by atoms with Crippen molar-refractivity contribution in [3.8, 4) is 0 Å². The van der Waals surface area contributed by atoms with Crippen LogP contribution >= 0.6 is 23.2 Å². The van der Waals surface area contributed by atoms with Gasteiger partial charge < -0.3 is 4.74 Å². The molecular formula is C14H14Cl2N4O3. The van der Waals surface area contributed by atoms with Gasteiger partial charge in [0.2, 0.25) is 5.91 Å². The van der Waals surface area contributed by atoms with E-state index < -0.39 is 18.1 Å². The third kappa shape index (κ3) is 4.43. The number of ether oxygens (including phenoxy) is 1. The molecule has 0 aliphatic carbocycles. The number of benzene rings is 1. The molecule has 1 aromatic heterocycles. The summed E-state index contributed by atoms with van der Waals surface area (Å²) >= 11 is 12.1. The van der Waals surface area contributed by atoms with Crippen LogP contribution in [0.4, 0.5) is 4.79 Å². The molecule has 1 heterocycles. The first-order valence-electron chi connectivity index (χ1n) is 6.60. The minimum atomic E-state index is -0.784. The number of hydrogen-bond donors (Lipinski definition) is 0. The Morgan fingerprint density at radius 1 is 1.39 bits per heavy atom. The first kappa shape index (κ1) is 17.2. The molecule has 2 aromatic rings. The van der Waals surface area contributed by atoms with Gasteiger partial charge in [0.05, 0.1) is 6.54 Å². The van der Waals surface area contributed by atoms with Crippen molar-refractivity contribution in [2.24, 2.45) is 0 Å². The molecule has 0 radical (unpaired) electrons. The second-order valence-corrected chi connectivity index (χ2v) is 5.58. The van der Waals surface area contributed by atoms with E-state index >= 15 is 0 Å². The SMILES string of the molecule is CC(=O)N(C)C(=O)OC(Cn1cncn1)c1ccc(Cl)cc1Cl. The number of amides is 2. The van der Waals surface area contributed by atoms with Gasteiger partial charge in [-0.25, -0.2) is 14.5 Å². The third-order valence-corrected chi connectivity index (χ3v) is 3.68. The summed E-state index contributed by atoms with van der Waals surface area (Å²) in [6, 6.07) is 4.85. The van der Waals surface area contributed by atoms with E-state index in [1.807, 2.05) is 0 Å². The second kappa shape index (κ2) is 7.43. The molecule has 0 saturated carbocycles. The lowest BCUT2D eigenvalue weighted by Crippen LogP contribution is -2.33. The van der Waals surface area contributed by atoms with Crippen LogP contribution < -0.4 is 0 Å². The average molecular weight is 357 g/mol. The van der Waals surface area contributed by atoms with E-state index in [0.29, 0.717) is 15.6 Å². The average Bonchev–Trinajstić information content (AvgIpc) is 2.98. The molecule has 1 unspecified atom stereocenters. The number of aromatic nitrogens is 3. The molecule has 1 atom stereocenters. The normalized spacial score (nSPS) is 11.8. The molecule has 0 aliphatic heterocycles. The topological polar surface area (TPSA) is 77.3 Å². The van der Waals surface area contributed by atoms with Crippen LogP contribution in [-0.2, 0) is 16.1 Å². The fraction of sp³-hybridized carbons (Fsp3) is 0.286. The molecule has 9 heteroatoms. The molecule has 0 N–H and O–H groups in total. The van der Waals surface area contributed by atoms with Gasteiger partial charge in [0.25, 0.3) is 0 Å². The fourth-order valence-corrected chi connectivity index (χ4v) is 2.32. The van der Waals surface area contributed by atoms with Crippen molar-refractivity contribution in [1.82, 2.24) is 19.7 Å². The molecule has 0 bridgehead atoms. The number of carbonyl (C=O) groups is 2. The molecular weight excluding hydrogens is 343 g/mol. The van der Waals surface area contributed by atoms with Gasteiger partial charge in [0.15, 0.2) is 0 Å². The number of nitrogens with zero attached hydrogens (tertiary/aromatic N) is 4. The predicted molar refractivity (Wildman–Crippen MR) is 84.2 cm³/mol. The molecule has 0 aliphatic rings. The lowest BCUT2D eigenvalue weighted by atomic mass is 10.1. The van der Waals surface area contributed by atoms with Crippen LogP contribution in [0, 0.1) is 0 Å². The van der Waals surface area contributed by atoms with Gasteiger partial charge in [-0.15, -0.1) is 0 Å². The molecule has 1 aromatic carbocycles. The standard InChI is InChI=1S/C14H14Cl2N4O3/c1-9(21)19(2)14(22)23-13(6-20-8-17-7-18-20)11-4-3-10(15)5-12(11)16/h3-5,7-8,13H,6H2,1-2H3. The maximum atomic E-state index is 12.0. The van der Waals surface area contributed by atoms with Crippen LogP contribution in [0.25, 0.3) is 0 Å². The summed E-state index contributed by atoms with van der Waals surface area (Å²) in [5.74, 6) is -0.434. The highest BCUT2D eigenvalue weighted by atomic mass is 35.5. The fourth-order valence-electron chi connectivity index (χ4n) is 1.79. The Morgan fingerprint density at radius 3 is 2.70 bits per heavy atom. The Labute approximate surface area is 142 Å². The van der Waals surface area contributed by atoms with E-state index in [0.717, 1.165) is 4.90 Å². The van der Waals surface area contributed by atoms with Crippen molar-refractivity contribution in [3.05, 3.63) is 46.5 Å². The van der Waals surface area contributed by atoms with E-state index in [9.17, 15) is 9.59 Å². The number of hydrogen-bond acceptors (Lipinski definition) is 5. The first-order valence-corrected chi connectivity index (χ1v) is 7.36. The Balaban J connectivity index is 2.28. The quantitative estimate of drug-likeness (QED) is 0.841. The summed E-state index contributed by atoms with van der Waals surface area (Å²) in [6.07, 6.45) is 1.31. The highest BCUT2D eigenvalue weighted by Gasteiger charge is 2.24. The van der Waals surface area contributed by atoms with Crippen molar-refractivity contribution in [2.75, 3.05) is 7.05 Å². The summed E-state index contributed by atoms with van der Waals surface area (Å²) in [6.45, 7) is 1.46. The van der Waals surface area contributed by atoms with Crippen LogP contribution in [0.5, 0.6) is 0 Å². The Bertz CT molecular complexity index is 706. The van der Waals surface area contributed by atoms with Gasteiger partial charge in [-0.3, -0.25) is 9.69 Å². The molecule has 2 rings (SSSR count). The van der Waals surface area contributed by atoms with E-state index in [1.54, 1.807) is 18.2 Å². The van der Waals surface area contributed by atoms with Crippen molar-refractivity contribution in [1.29, 1.82) is 0 Å². The maximum Gasteiger partial charge on any atom is 0.416 e. The number of rotatable bonds is 4. The van der Waals surface area contributed by atoms with E-state index in [4.69, 9.17) is 27.9 Å². The highest BCUT2D eigenvalue weighted by molar-refractivity contribution is 6.35. The minimum absolute atomic E-state index is 0.193. The predicted octanol–water partition coefficient (Wildman–Crippen LogP) is 2.94. The lowest BCUT2D eigenvalue weighted by molar-refractivity contribution is -0.126. The highest BCUT2D eigenvalue weighted by Crippen LogP contribution is 2.30. The second-order valence-electron chi connectivity index (χ2n) is 4.73. The number of halogens is 2. The lowest BCUT2D eigenvalue weighted by Gasteiger charge is -2.22. The van der Waals surface area contributed by atoms with Gasteiger partial charge in [-0.2, -0.15) is 5.10 Å². The van der Waals surface area contributed by atoms with Crippen molar-refractivity contribution < 1.29 is 14.3 Å². The van der Waals surface area contributed by atoms with Crippen molar-refractivity contribution in [3.63, 3.8) is 0 Å². The van der Waals surface area contributed by atoms with Crippen LogP contribution in [0.2, 0.25) is 10.0 Å². The third-order valence-electron chi connectivity index (χ3n) is 3.12. The zero-order valence-corrected chi connectivity index (χ0v) is 14.0. The molecule has 0 fully saturated rings. The van der Waals surface area contributed by atoms with Crippen LogP contribution in [0.3, 0.4) is 0 Å². The maximum absolute atomic E-state index is 12.0. The Hall–Kier alpha value is -2.12. The van der Waals surface area contributed by atoms with E-state index in [1.165, 1.54) is 31.3 Å². The van der Waals surface area contributed by atoms with Crippen LogP contribution in [-0.4, -0.2) is 38.7 Å². The van der Waals surface area contributed by atoms with Gasteiger partial charge in [-0.1, -0.05) is 29.3 Å². The van der Waals surface area contributed by atoms with Crippen molar-refractivity contribution >= 4 is 35.2 Å². The zero-order chi connectivity index (χ0) is 17.0. The Morgan fingerprint density at radius 2 is 2.13 bits per heavy atom. The molecule has 7 nitrogen and oxygen atoms in total. The van der Waals surface area contributed by atoms with Gasteiger partial charge >= 0.3 is 6.09 Å². The van der Waals surface area contributed by atoms with E-state index in [2.05, 4.69) is 10.1 Å². The van der Waals surface area contributed by atoms with Crippen LogP contribution in [0.1, 0.15) is 18.6 Å². The summed E-state index contributed by atoms with van der Waals surface area (Å²) in [7, 11) is 1.33.